The van der Waals surface area contributed by atoms with Gasteiger partial charge in [-0.3, -0.25) is 4.79 Å². The SMILES string of the molecule is CSc1nc2ccc(C(C)=O)nc2n1CC1CCCCC1. The number of hydrogen-bond donors (Lipinski definition) is 0. The first-order chi connectivity index (χ1) is 10.2. The summed E-state index contributed by atoms with van der Waals surface area (Å²) in [5.41, 5.74) is 2.28. The molecule has 0 radical (unpaired) electrons. The number of ketones is 1. The van der Waals surface area contributed by atoms with Gasteiger partial charge in [-0.2, -0.15) is 0 Å². The molecule has 1 aliphatic carbocycles. The number of imidazole rings is 1. The number of aromatic nitrogens is 3. The molecule has 1 saturated carbocycles. The lowest BCUT2D eigenvalue weighted by atomic mass is 9.89. The summed E-state index contributed by atoms with van der Waals surface area (Å²) < 4.78 is 2.21. The lowest BCUT2D eigenvalue weighted by Gasteiger charge is -2.22. The highest BCUT2D eigenvalue weighted by atomic mass is 32.2. The molecule has 4 nitrogen and oxygen atoms in total. The van der Waals surface area contributed by atoms with Gasteiger partial charge in [0, 0.05) is 13.5 Å². The van der Waals surface area contributed by atoms with Crippen molar-refractivity contribution in [3.8, 4) is 0 Å². The summed E-state index contributed by atoms with van der Waals surface area (Å²) in [4.78, 5) is 20.8. The van der Waals surface area contributed by atoms with Crippen molar-refractivity contribution in [2.24, 2.45) is 5.92 Å². The predicted molar refractivity (Wildman–Crippen MR) is 85.9 cm³/mol. The van der Waals surface area contributed by atoms with Gasteiger partial charge in [0.2, 0.25) is 0 Å². The second kappa shape index (κ2) is 6.18. The zero-order valence-electron chi connectivity index (χ0n) is 12.6. The molecule has 5 heteroatoms. The van der Waals surface area contributed by atoms with Gasteiger partial charge in [-0.25, -0.2) is 9.97 Å². The number of carbonyl (C=O) groups excluding carboxylic acids is 1. The number of fused-ring (bicyclic) bond motifs is 1. The first-order valence-corrected chi connectivity index (χ1v) is 8.83. The van der Waals surface area contributed by atoms with Gasteiger partial charge in [0.15, 0.2) is 16.6 Å². The Morgan fingerprint density at radius 3 is 2.71 bits per heavy atom. The summed E-state index contributed by atoms with van der Waals surface area (Å²) in [5.74, 6) is 0.720. The summed E-state index contributed by atoms with van der Waals surface area (Å²) in [6, 6.07) is 3.68. The van der Waals surface area contributed by atoms with Crippen LogP contribution in [0.2, 0.25) is 0 Å². The molecule has 21 heavy (non-hydrogen) atoms. The van der Waals surface area contributed by atoms with Crippen LogP contribution in [0.5, 0.6) is 0 Å². The fourth-order valence-electron chi connectivity index (χ4n) is 3.13. The molecule has 112 valence electrons. The van der Waals surface area contributed by atoms with E-state index in [0.717, 1.165) is 22.9 Å². The Balaban J connectivity index is 2.00. The monoisotopic (exact) mass is 303 g/mol. The van der Waals surface area contributed by atoms with Crippen molar-refractivity contribution in [1.82, 2.24) is 14.5 Å². The standard InChI is InChI=1S/C16H21N3OS/c1-11(20)13-8-9-14-15(17-13)19(16(18-14)21-2)10-12-6-4-3-5-7-12/h8-9,12H,3-7,10H2,1-2H3. The molecule has 2 aromatic rings. The second-order valence-electron chi connectivity index (χ2n) is 5.81. The summed E-state index contributed by atoms with van der Waals surface area (Å²) in [5, 5.41) is 1.00. The highest BCUT2D eigenvalue weighted by Gasteiger charge is 2.19. The Labute approximate surface area is 129 Å². The number of carbonyl (C=O) groups is 1. The van der Waals surface area contributed by atoms with Crippen LogP contribution in [0.1, 0.15) is 49.5 Å². The van der Waals surface area contributed by atoms with Gasteiger partial charge in [-0.15, -0.1) is 0 Å². The molecule has 0 unspecified atom stereocenters. The van der Waals surface area contributed by atoms with Crippen LogP contribution in [0, 0.1) is 5.92 Å². The average Bonchev–Trinajstić information content (AvgIpc) is 2.85. The maximum absolute atomic E-state index is 11.6. The molecule has 3 rings (SSSR count). The Morgan fingerprint density at radius 1 is 1.29 bits per heavy atom. The van der Waals surface area contributed by atoms with Crippen molar-refractivity contribution in [2.45, 2.75) is 50.7 Å². The molecule has 1 aliphatic rings. The highest BCUT2D eigenvalue weighted by molar-refractivity contribution is 7.98. The fourth-order valence-corrected chi connectivity index (χ4v) is 3.70. The minimum Gasteiger partial charge on any atom is -0.303 e. The van der Waals surface area contributed by atoms with Crippen LogP contribution in [0.4, 0.5) is 0 Å². The van der Waals surface area contributed by atoms with E-state index in [2.05, 4.69) is 14.5 Å². The summed E-state index contributed by atoms with van der Waals surface area (Å²) in [7, 11) is 0. The van der Waals surface area contributed by atoms with Gasteiger partial charge in [-0.05, 0) is 37.1 Å². The van der Waals surface area contributed by atoms with Gasteiger partial charge in [0.25, 0.3) is 0 Å². The second-order valence-corrected chi connectivity index (χ2v) is 6.58. The molecule has 0 bridgehead atoms. The quantitative estimate of drug-likeness (QED) is 0.634. The maximum atomic E-state index is 11.6. The van der Waals surface area contributed by atoms with E-state index in [9.17, 15) is 4.79 Å². The maximum Gasteiger partial charge on any atom is 0.178 e. The summed E-state index contributed by atoms with van der Waals surface area (Å²) in [6.07, 6.45) is 8.66. The van der Waals surface area contributed by atoms with E-state index in [1.165, 1.54) is 32.1 Å². The van der Waals surface area contributed by atoms with E-state index < -0.39 is 0 Å². The van der Waals surface area contributed by atoms with Gasteiger partial charge in [0.1, 0.15) is 11.2 Å². The van der Waals surface area contributed by atoms with Crippen LogP contribution in [0.25, 0.3) is 11.2 Å². The molecule has 0 saturated heterocycles. The third-order valence-electron chi connectivity index (χ3n) is 4.27. The van der Waals surface area contributed by atoms with E-state index in [1.807, 2.05) is 12.3 Å². The molecule has 0 aromatic carbocycles. The highest BCUT2D eigenvalue weighted by Crippen LogP contribution is 2.29. The van der Waals surface area contributed by atoms with Crippen molar-refractivity contribution in [2.75, 3.05) is 6.26 Å². The minimum absolute atomic E-state index is 0.00742. The third-order valence-corrected chi connectivity index (χ3v) is 4.94. The van der Waals surface area contributed by atoms with Gasteiger partial charge in [-0.1, -0.05) is 31.0 Å². The molecule has 0 spiro atoms. The zero-order chi connectivity index (χ0) is 14.8. The Bertz CT molecular complexity index is 659. The van der Waals surface area contributed by atoms with E-state index in [4.69, 9.17) is 0 Å². The van der Waals surface area contributed by atoms with E-state index in [1.54, 1.807) is 24.8 Å². The molecule has 0 N–H and O–H groups in total. The van der Waals surface area contributed by atoms with Crippen LogP contribution in [0.3, 0.4) is 0 Å². The van der Waals surface area contributed by atoms with Crippen LogP contribution >= 0.6 is 11.8 Å². The largest absolute Gasteiger partial charge is 0.303 e. The first kappa shape index (κ1) is 14.6. The number of nitrogens with zero attached hydrogens (tertiary/aromatic N) is 3. The van der Waals surface area contributed by atoms with Crippen LogP contribution in [0.15, 0.2) is 17.3 Å². The Morgan fingerprint density at radius 2 is 2.05 bits per heavy atom. The van der Waals surface area contributed by atoms with Crippen molar-refractivity contribution < 1.29 is 4.79 Å². The zero-order valence-corrected chi connectivity index (χ0v) is 13.4. The molecule has 0 atom stereocenters. The molecular weight excluding hydrogens is 282 g/mol. The van der Waals surface area contributed by atoms with E-state index >= 15 is 0 Å². The smallest absolute Gasteiger partial charge is 0.178 e. The molecule has 2 heterocycles. The first-order valence-electron chi connectivity index (χ1n) is 7.61. The molecule has 0 aliphatic heterocycles. The fraction of sp³-hybridized carbons (Fsp3) is 0.562. The third kappa shape index (κ3) is 2.98. The predicted octanol–water partition coefficient (Wildman–Crippen LogP) is 3.94. The number of rotatable bonds is 4. The van der Waals surface area contributed by atoms with Crippen LogP contribution in [-0.2, 0) is 6.54 Å². The van der Waals surface area contributed by atoms with Crippen molar-refractivity contribution in [3.05, 3.63) is 17.8 Å². The molecule has 2 aromatic heterocycles. The van der Waals surface area contributed by atoms with Crippen molar-refractivity contribution in [3.63, 3.8) is 0 Å². The van der Waals surface area contributed by atoms with Crippen molar-refractivity contribution >= 4 is 28.7 Å². The number of Topliss-reactive ketones (excluding diaryl/α,β-unsaturated/α-hetero) is 1. The average molecular weight is 303 g/mol. The van der Waals surface area contributed by atoms with Crippen molar-refractivity contribution in [1.29, 1.82) is 0 Å². The van der Waals surface area contributed by atoms with Gasteiger partial charge >= 0.3 is 0 Å². The number of hydrogen-bond acceptors (Lipinski definition) is 4. The Kier molecular flexibility index (Phi) is 4.29. The van der Waals surface area contributed by atoms with E-state index in [-0.39, 0.29) is 5.78 Å². The normalized spacial score (nSPS) is 16.5. The Hall–Kier alpha value is -1.36. The number of pyridine rings is 1. The molecule has 0 amide bonds. The van der Waals surface area contributed by atoms with Gasteiger partial charge < -0.3 is 4.57 Å². The summed E-state index contributed by atoms with van der Waals surface area (Å²) in [6.45, 7) is 2.53. The minimum atomic E-state index is 0.00742. The molecular formula is C16H21N3OS. The molecule has 1 fully saturated rings. The topological polar surface area (TPSA) is 47.8 Å². The van der Waals surface area contributed by atoms with Crippen LogP contribution < -0.4 is 0 Å². The lowest BCUT2D eigenvalue weighted by Crippen LogP contribution is -2.15. The van der Waals surface area contributed by atoms with Gasteiger partial charge in [0.05, 0.1) is 0 Å². The lowest BCUT2D eigenvalue weighted by molar-refractivity contribution is 0.101. The number of thioether (sulfide) groups is 1. The van der Waals surface area contributed by atoms with Crippen LogP contribution in [-0.4, -0.2) is 26.6 Å². The van der Waals surface area contributed by atoms with E-state index in [0.29, 0.717) is 11.6 Å². The summed E-state index contributed by atoms with van der Waals surface area (Å²) >= 11 is 1.65.